The van der Waals surface area contributed by atoms with Gasteiger partial charge in [-0.3, -0.25) is 9.80 Å². The van der Waals surface area contributed by atoms with E-state index in [9.17, 15) is 9.18 Å². The van der Waals surface area contributed by atoms with Crippen molar-refractivity contribution in [1.29, 1.82) is 0 Å². The first kappa shape index (κ1) is 14.7. The van der Waals surface area contributed by atoms with Gasteiger partial charge in [-0.15, -0.1) is 0 Å². The summed E-state index contributed by atoms with van der Waals surface area (Å²) in [7, 11) is 0. The fourth-order valence-corrected chi connectivity index (χ4v) is 2.51. The summed E-state index contributed by atoms with van der Waals surface area (Å²) in [6.45, 7) is 4.43. The van der Waals surface area contributed by atoms with E-state index in [0.29, 0.717) is 17.7 Å². The molecular weight excluding hydrogens is 255 g/mol. The van der Waals surface area contributed by atoms with Crippen LogP contribution in [0.1, 0.15) is 51.1 Å². The molecular formula is C16H21FN2O. The largest absolute Gasteiger partial charge is 0.293 e. The van der Waals surface area contributed by atoms with Crippen LogP contribution in [0, 0.1) is 5.82 Å². The van der Waals surface area contributed by atoms with Crippen LogP contribution in [0.5, 0.6) is 0 Å². The average molecular weight is 276 g/mol. The van der Waals surface area contributed by atoms with E-state index in [1.807, 2.05) is 11.1 Å². The third kappa shape index (κ3) is 3.24. The summed E-state index contributed by atoms with van der Waals surface area (Å²) >= 11 is 0. The van der Waals surface area contributed by atoms with Crippen LogP contribution in [0.4, 0.5) is 4.39 Å². The van der Waals surface area contributed by atoms with E-state index in [0.717, 1.165) is 25.8 Å². The molecule has 3 nitrogen and oxygen atoms in total. The highest BCUT2D eigenvalue weighted by Crippen LogP contribution is 2.32. The van der Waals surface area contributed by atoms with Gasteiger partial charge in [-0.05, 0) is 12.5 Å². The quantitative estimate of drug-likeness (QED) is 0.742. The number of carbonyl (C=O) groups is 1. The highest BCUT2D eigenvalue weighted by atomic mass is 19.1. The molecule has 0 spiro atoms. The summed E-state index contributed by atoms with van der Waals surface area (Å²) < 4.78 is 14.0. The van der Waals surface area contributed by atoms with Gasteiger partial charge in [0, 0.05) is 25.5 Å². The summed E-state index contributed by atoms with van der Waals surface area (Å²) in [5, 5.41) is 6.27. The van der Waals surface area contributed by atoms with Crippen molar-refractivity contribution in [3.8, 4) is 0 Å². The standard InChI is InChI=1S/C16H21FN2O/c1-3-4-7-10-19-16(11-15(18-19)12(2)20)13-8-5-6-9-14(13)17/h5-6,8-9,16H,3-4,7,10-11H2,1-2H3. The number of nitrogens with zero attached hydrogens (tertiary/aromatic N) is 2. The zero-order chi connectivity index (χ0) is 14.5. The van der Waals surface area contributed by atoms with Crippen LogP contribution in [0.15, 0.2) is 29.4 Å². The van der Waals surface area contributed by atoms with Gasteiger partial charge < -0.3 is 0 Å². The number of carbonyl (C=O) groups excluding carboxylic acids is 1. The Morgan fingerprint density at radius 1 is 1.40 bits per heavy atom. The van der Waals surface area contributed by atoms with Crippen molar-refractivity contribution in [2.45, 2.75) is 45.6 Å². The highest BCUT2D eigenvalue weighted by Gasteiger charge is 2.30. The van der Waals surface area contributed by atoms with Gasteiger partial charge in [0.15, 0.2) is 5.78 Å². The second kappa shape index (κ2) is 6.64. The Morgan fingerprint density at radius 2 is 2.15 bits per heavy atom. The van der Waals surface area contributed by atoms with Crippen LogP contribution in [-0.4, -0.2) is 23.0 Å². The molecule has 1 heterocycles. The first-order valence-corrected chi connectivity index (χ1v) is 7.23. The lowest BCUT2D eigenvalue weighted by atomic mass is 10.00. The summed E-state index contributed by atoms with van der Waals surface area (Å²) in [5.74, 6) is -0.248. The maximum absolute atomic E-state index is 14.0. The molecule has 1 unspecified atom stereocenters. The maximum Gasteiger partial charge on any atom is 0.175 e. The van der Waals surface area contributed by atoms with Crippen molar-refractivity contribution in [2.24, 2.45) is 5.10 Å². The van der Waals surface area contributed by atoms with Gasteiger partial charge in [-0.2, -0.15) is 5.10 Å². The molecule has 0 saturated heterocycles. The lowest BCUT2D eigenvalue weighted by Gasteiger charge is -2.24. The topological polar surface area (TPSA) is 32.7 Å². The fraction of sp³-hybridized carbons (Fsp3) is 0.500. The molecule has 2 rings (SSSR count). The van der Waals surface area contributed by atoms with E-state index < -0.39 is 0 Å². The summed E-state index contributed by atoms with van der Waals surface area (Å²) in [6, 6.07) is 6.61. The first-order chi connectivity index (χ1) is 9.63. The third-order valence-electron chi connectivity index (χ3n) is 3.66. The normalized spacial score (nSPS) is 18.2. The van der Waals surface area contributed by atoms with Gasteiger partial charge in [-0.1, -0.05) is 38.0 Å². The smallest absolute Gasteiger partial charge is 0.175 e. The molecule has 0 saturated carbocycles. The minimum Gasteiger partial charge on any atom is -0.293 e. The molecule has 108 valence electrons. The van der Waals surface area contributed by atoms with E-state index >= 15 is 0 Å². The van der Waals surface area contributed by atoms with Crippen molar-refractivity contribution in [2.75, 3.05) is 6.54 Å². The lowest BCUT2D eigenvalue weighted by molar-refractivity contribution is -0.111. The van der Waals surface area contributed by atoms with E-state index in [1.54, 1.807) is 12.1 Å². The molecule has 1 aromatic rings. The monoisotopic (exact) mass is 276 g/mol. The Labute approximate surface area is 119 Å². The van der Waals surface area contributed by atoms with Crippen molar-refractivity contribution in [3.05, 3.63) is 35.6 Å². The second-order valence-corrected chi connectivity index (χ2v) is 5.21. The SMILES string of the molecule is CCCCCN1N=C(C(C)=O)CC1c1ccccc1F. The Kier molecular flexibility index (Phi) is 4.88. The zero-order valence-corrected chi connectivity index (χ0v) is 12.1. The van der Waals surface area contributed by atoms with Crippen molar-refractivity contribution < 1.29 is 9.18 Å². The second-order valence-electron chi connectivity index (χ2n) is 5.21. The number of hydrazone groups is 1. The third-order valence-corrected chi connectivity index (χ3v) is 3.66. The number of hydrogen-bond donors (Lipinski definition) is 0. The Hall–Kier alpha value is -1.71. The first-order valence-electron chi connectivity index (χ1n) is 7.23. The summed E-state index contributed by atoms with van der Waals surface area (Å²) in [5.41, 5.74) is 1.18. The Bertz CT molecular complexity index is 513. The molecule has 0 N–H and O–H groups in total. The molecule has 0 fully saturated rings. The molecule has 1 atom stereocenters. The van der Waals surface area contributed by atoms with Crippen LogP contribution < -0.4 is 0 Å². The van der Waals surface area contributed by atoms with Gasteiger partial charge in [-0.25, -0.2) is 4.39 Å². The van der Waals surface area contributed by atoms with Crippen LogP contribution >= 0.6 is 0 Å². The summed E-state index contributed by atoms with van der Waals surface area (Å²) in [4.78, 5) is 11.5. The van der Waals surface area contributed by atoms with Crippen LogP contribution in [0.2, 0.25) is 0 Å². The predicted octanol–water partition coefficient (Wildman–Crippen LogP) is 3.71. The maximum atomic E-state index is 14.0. The molecule has 1 aliphatic rings. The summed E-state index contributed by atoms with van der Waals surface area (Å²) in [6.07, 6.45) is 3.76. The Balaban J connectivity index is 2.18. The van der Waals surface area contributed by atoms with Gasteiger partial charge >= 0.3 is 0 Å². The molecule has 0 bridgehead atoms. The molecule has 20 heavy (non-hydrogen) atoms. The molecule has 0 aliphatic carbocycles. The fourth-order valence-electron chi connectivity index (χ4n) is 2.51. The molecule has 0 amide bonds. The van der Waals surface area contributed by atoms with Gasteiger partial charge in [0.25, 0.3) is 0 Å². The van der Waals surface area contributed by atoms with E-state index in [4.69, 9.17) is 0 Å². The molecule has 1 aromatic carbocycles. The van der Waals surface area contributed by atoms with Crippen LogP contribution in [-0.2, 0) is 4.79 Å². The van der Waals surface area contributed by atoms with E-state index in [-0.39, 0.29) is 17.6 Å². The van der Waals surface area contributed by atoms with Gasteiger partial charge in [0.05, 0.1) is 6.04 Å². The highest BCUT2D eigenvalue weighted by molar-refractivity contribution is 6.39. The zero-order valence-electron chi connectivity index (χ0n) is 12.1. The van der Waals surface area contributed by atoms with Gasteiger partial charge in [0.2, 0.25) is 0 Å². The lowest BCUT2D eigenvalue weighted by Crippen LogP contribution is -2.21. The predicted molar refractivity (Wildman–Crippen MR) is 78.1 cm³/mol. The molecule has 1 aliphatic heterocycles. The number of Topliss-reactive ketones (excluding diaryl/α,β-unsaturated/α-hetero) is 1. The number of rotatable bonds is 6. The number of benzene rings is 1. The number of ketones is 1. The minimum absolute atomic E-state index is 0.0238. The van der Waals surface area contributed by atoms with Crippen molar-refractivity contribution in [1.82, 2.24) is 5.01 Å². The van der Waals surface area contributed by atoms with Crippen molar-refractivity contribution in [3.63, 3.8) is 0 Å². The van der Waals surface area contributed by atoms with Gasteiger partial charge in [0.1, 0.15) is 11.5 Å². The van der Waals surface area contributed by atoms with Crippen LogP contribution in [0.25, 0.3) is 0 Å². The molecule has 4 heteroatoms. The number of halogens is 1. The average Bonchev–Trinajstić information content (AvgIpc) is 2.84. The molecule has 0 radical (unpaired) electrons. The van der Waals surface area contributed by atoms with E-state index in [2.05, 4.69) is 12.0 Å². The van der Waals surface area contributed by atoms with Crippen molar-refractivity contribution >= 4 is 11.5 Å². The molecule has 0 aromatic heterocycles. The number of hydrogen-bond acceptors (Lipinski definition) is 3. The van der Waals surface area contributed by atoms with Crippen LogP contribution in [0.3, 0.4) is 0 Å². The van der Waals surface area contributed by atoms with E-state index in [1.165, 1.54) is 13.0 Å². The number of unbranched alkanes of at least 4 members (excludes halogenated alkanes) is 2. The minimum atomic E-state index is -0.224. The Morgan fingerprint density at radius 3 is 2.80 bits per heavy atom.